The van der Waals surface area contributed by atoms with Crippen molar-refractivity contribution in [1.82, 2.24) is 25.6 Å². The van der Waals surface area contributed by atoms with E-state index in [2.05, 4.69) is 21.0 Å². The van der Waals surface area contributed by atoms with Gasteiger partial charge in [-0.25, -0.2) is 0 Å². The molecule has 0 bridgehead atoms. The average molecular weight is 464 g/mol. The summed E-state index contributed by atoms with van der Waals surface area (Å²) in [5.74, 6) is -0.0785. The van der Waals surface area contributed by atoms with Gasteiger partial charge < -0.3 is 0 Å². The van der Waals surface area contributed by atoms with Gasteiger partial charge in [-0.1, -0.05) is 59.8 Å². The second-order valence-corrected chi connectivity index (χ2v) is 8.02. The summed E-state index contributed by atoms with van der Waals surface area (Å²) in [6.45, 7) is 0. The molecule has 0 aliphatic carbocycles. The number of hydrogen-bond donors (Lipinski definition) is 2. The first-order valence-electron chi connectivity index (χ1n) is 9.65. The van der Waals surface area contributed by atoms with Crippen LogP contribution in [0, 0.1) is 0 Å². The molecule has 7 nitrogen and oxygen atoms in total. The van der Waals surface area contributed by atoms with E-state index in [1.807, 2.05) is 53.1 Å². The molecule has 1 aromatic heterocycles. The Bertz CT molecular complexity index is 1210. The van der Waals surface area contributed by atoms with E-state index in [1.165, 1.54) is 11.8 Å². The van der Waals surface area contributed by atoms with Gasteiger partial charge in [0.15, 0.2) is 11.0 Å². The average Bonchev–Trinajstić information content (AvgIpc) is 3.26. The molecule has 4 aromatic rings. The van der Waals surface area contributed by atoms with Gasteiger partial charge in [-0.2, -0.15) is 0 Å². The summed E-state index contributed by atoms with van der Waals surface area (Å²) >= 11 is 7.23. The van der Waals surface area contributed by atoms with Gasteiger partial charge in [-0.15, -0.1) is 10.2 Å². The predicted molar refractivity (Wildman–Crippen MR) is 125 cm³/mol. The van der Waals surface area contributed by atoms with Gasteiger partial charge >= 0.3 is 0 Å². The van der Waals surface area contributed by atoms with E-state index in [0.29, 0.717) is 21.6 Å². The van der Waals surface area contributed by atoms with Crippen LogP contribution in [0.25, 0.3) is 17.1 Å². The number of carbonyl (C=O) groups is 2. The molecule has 2 N–H and O–H groups in total. The Balaban J connectivity index is 1.48. The number of thioether (sulfide) groups is 1. The maximum atomic E-state index is 12.3. The van der Waals surface area contributed by atoms with Crippen LogP contribution in [0.15, 0.2) is 90.1 Å². The molecule has 0 aliphatic heterocycles. The molecule has 160 valence electrons. The summed E-state index contributed by atoms with van der Waals surface area (Å²) in [6, 6.07) is 25.6. The lowest BCUT2D eigenvalue weighted by molar-refractivity contribution is -0.119. The second-order valence-electron chi connectivity index (χ2n) is 6.64. The third kappa shape index (κ3) is 5.16. The van der Waals surface area contributed by atoms with E-state index in [4.69, 9.17) is 11.6 Å². The molecule has 4 rings (SSSR count). The van der Waals surface area contributed by atoms with Crippen molar-refractivity contribution in [1.29, 1.82) is 0 Å². The van der Waals surface area contributed by atoms with Gasteiger partial charge in [0.1, 0.15) is 0 Å². The predicted octanol–water partition coefficient (Wildman–Crippen LogP) is 4.14. The third-order valence-electron chi connectivity index (χ3n) is 4.43. The minimum Gasteiger partial charge on any atom is -0.272 e. The van der Waals surface area contributed by atoms with Crippen LogP contribution in [0.5, 0.6) is 0 Å². The van der Waals surface area contributed by atoms with Crippen LogP contribution < -0.4 is 10.9 Å². The first-order chi connectivity index (χ1) is 15.6. The van der Waals surface area contributed by atoms with E-state index in [0.717, 1.165) is 11.3 Å². The minimum absolute atomic E-state index is 0.0423. The zero-order chi connectivity index (χ0) is 22.3. The fourth-order valence-corrected chi connectivity index (χ4v) is 3.79. The molecule has 9 heteroatoms. The van der Waals surface area contributed by atoms with Crippen LogP contribution in [0.2, 0.25) is 5.02 Å². The van der Waals surface area contributed by atoms with Crippen LogP contribution in [0.4, 0.5) is 0 Å². The lowest BCUT2D eigenvalue weighted by atomic mass is 10.2. The lowest BCUT2D eigenvalue weighted by Gasteiger charge is -2.11. The van der Waals surface area contributed by atoms with Gasteiger partial charge in [0.05, 0.1) is 5.75 Å². The monoisotopic (exact) mass is 463 g/mol. The van der Waals surface area contributed by atoms with Crippen molar-refractivity contribution in [3.8, 4) is 17.1 Å². The van der Waals surface area contributed by atoms with Gasteiger partial charge in [0.25, 0.3) is 5.91 Å². The van der Waals surface area contributed by atoms with Crippen molar-refractivity contribution in [3.05, 3.63) is 95.5 Å². The number of hydrazine groups is 1. The Morgan fingerprint density at radius 2 is 1.50 bits per heavy atom. The van der Waals surface area contributed by atoms with E-state index in [1.54, 1.807) is 36.4 Å². The Labute approximate surface area is 193 Å². The number of hydrogen-bond acceptors (Lipinski definition) is 5. The molecule has 0 spiro atoms. The smallest absolute Gasteiger partial charge is 0.269 e. The van der Waals surface area contributed by atoms with Crippen molar-refractivity contribution in [3.63, 3.8) is 0 Å². The highest BCUT2D eigenvalue weighted by molar-refractivity contribution is 7.99. The number of nitrogens with zero attached hydrogens (tertiary/aromatic N) is 3. The number of aromatic nitrogens is 3. The standard InChI is InChI=1S/C23H18ClN5O2S/c24-18-13-11-16(12-14-18)21-26-28-23(29(21)19-9-5-2-6-10-19)32-15-20(30)25-27-22(31)17-7-3-1-4-8-17/h1-14H,15H2,(H,25,30)(H,27,31). The van der Waals surface area contributed by atoms with E-state index in [-0.39, 0.29) is 17.6 Å². The van der Waals surface area contributed by atoms with Gasteiger partial charge in [0.2, 0.25) is 5.91 Å². The second kappa shape index (κ2) is 10.1. The highest BCUT2D eigenvalue weighted by atomic mass is 35.5. The normalized spacial score (nSPS) is 10.5. The number of para-hydroxylation sites is 1. The van der Waals surface area contributed by atoms with Crippen LogP contribution >= 0.6 is 23.4 Å². The summed E-state index contributed by atoms with van der Waals surface area (Å²) < 4.78 is 1.88. The molecule has 2 amide bonds. The van der Waals surface area contributed by atoms with Gasteiger partial charge in [-0.05, 0) is 48.5 Å². The van der Waals surface area contributed by atoms with Crippen molar-refractivity contribution < 1.29 is 9.59 Å². The molecule has 0 unspecified atom stereocenters. The maximum absolute atomic E-state index is 12.3. The number of benzene rings is 3. The van der Waals surface area contributed by atoms with Crippen LogP contribution in [-0.4, -0.2) is 32.3 Å². The summed E-state index contributed by atoms with van der Waals surface area (Å²) in [5.41, 5.74) is 7.00. The van der Waals surface area contributed by atoms with Gasteiger partial charge in [0, 0.05) is 21.8 Å². The summed E-state index contributed by atoms with van der Waals surface area (Å²) in [4.78, 5) is 24.4. The maximum Gasteiger partial charge on any atom is 0.269 e. The highest BCUT2D eigenvalue weighted by Gasteiger charge is 2.17. The Morgan fingerprint density at radius 1 is 0.844 bits per heavy atom. The van der Waals surface area contributed by atoms with Crippen LogP contribution in [0.1, 0.15) is 10.4 Å². The fourth-order valence-electron chi connectivity index (χ4n) is 2.91. The number of nitrogens with one attached hydrogen (secondary N) is 2. The molecule has 3 aromatic carbocycles. The number of halogens is 1. The van der Waals surface area contributed by atoms with Crippen molar-refractivity contribution in [2.24, 2.45) is 0 Å². The molecule has 0 saturated carbocycles. The highest BCUT2D eigenvalue weighted by Crippen LogP contribution is 2.28. The zero-order valence-corrected chi connectivity index (χ0v) is 18.3. The first kappa shape index (κ1) is 21.6. The first-order valence-corrected chi connectivity index (χ1v) is 11.0. The van der Waals surface area contributed by atoms with E-state index in [9.17, 15) is 9.59 Å². The van der Waals surface area contributed by atoms with Crippen molar-refractivity contribution in [2.45, 2.75) is 5.16 Å². The Hall–Kier alpha value is -3.62. The summed E-state index contributed by atoms with van der Waals surface area (Å²) in [5, 5.41) is 9.79. The molecule has 1 heterocycles. The Morgan fingerprint density at radius 3 is 2.19 bits per heavy atom. The van der Waals surface area contributed by atoms with E-state index < -0.39 is 0 Å². The SMILES string of the molecule is O=C(CSc1nnc(-c2ccc(Cl)cc2)n1-c1ccccc1)NNC(=O)c1ccccc1. The van der Waals surface area contributed by atoms with Crippen molar-refractivity contribution >= 4 is 35.2 Å². The van der Waals surface area contributed by atoms with Crippen LogP contribution in [-0.2, 0) is 4.79 Å². The quantitative estimate of drug-likeness (QED) is 0.331. The third-order valence-corrected chi connectivity index (χ3v) is 5.61. The molecule has 0 aliphatic rings. The largest absolute Gasteiger partial charge is 0.272 e. The molecule has 0 fully saturated rings. The van der Waals surface area contributed by atoms with Crippen molar-refractivity contribution in [2.75, 3.05) is 5.75 Å². The number of carbonyl (C=O) groups excluding carboxylic acids is 2. The minimum atomic E-state index is -0.388. The molecule has 32 heavy (non-hydrogen) atoms. The fraction of sp³-hybridized carbons (Fsp3) is 0.0435. The summed E-state index contributed by atoms with van der Waals surface area (Å²) in [6.07, 6.45) is 0. The molecular weight excluding hydrogens is 446 g/mol. The Kier molecular flexibility index (Phi) is 6.84. The number of amides is 2. The zero-order valence-electron chi connectivity index (χ0n) is 16.7. The lowest BCUT2D eigenvalue weighted by Crippen LogP contribution is -2.42. The summed E-state index contributed by atoms with van der Waals surface area (Å²) in [7, 11) is 0. The topological polar surface area (TPSA) is 88.9 Å². The molecular formula is C23H18ClN5O2S. The number of rotatable bonds is 6. The molecule has 0 saturated heterocycles. The van der Waals surface area contributed by atoms with E-state index >= 15 is 0 Å². The van der Waals surface area contributed by atoms with Gasteiger partial charge in [-0.3, -0.25) is 25.0 Å². The van der Waals surface area contributed by atoms with Crippen LogP contribution in [0.3, 0.4) is 0 Å². The molecule has 0 atom stereocenters. The molecule has 0 radical (unpaired) electrons.